The first kappa shape index (κ1) is 13.7. The Morgan fingerprint density at radius 1 is 1.44 bits per heavy atom. The number of alkyl halides is 3. The fourth-order valence-corrected chi connectivity index (χ4v) is 1.35. The molecule has 0 amide bonds. The van der Waals surface area contributed by atoms with E-state index in [1.807, 2.05) is 0 Å². The van der Waals surface area contributed by atoms with Gasteiger partial charge in [0.25, 0.3) is 5.56 Å². The van der Waals surface area contributed by atoms with Crippen LogP contribution in [0.25, 0.3) is 0 Å². The average Bonchev–Trinajstić information content (AvgIpc) is 2.16. The minimum absolute atomic E-state index is 0.179. The molecule has 0 radical (unpaired) electrons. The zero-order valence-corrected chi connectivity index (χ0v) is 10.8. The molecule has 1 aromatic rings. The van der Waals surface area contributed by atoms with Crippen LogP contribution in [0, 0.1) is 0 Å². The maximum Gasteiger partial charge on any atom is 0.411 e. The molecule has 0 aliphatic rings. The maximum absolute atomic E-state index is 11.8. The van der Waals surface area contributed by atoms with E-state index >= 15 is 0 Å². The lowest BCUT2D eigenvalue weighted by molar-refractivity contribution is -0.183. The van der Waals surface area contributed by atoms with Crippen LogP contribution in [0.15, 0.2) is 19.9 Å². The minimum atomic E-state index is -4.42. The Morgan fingerprint density at radius 3 is 2.62 bits per heavy atom. The molecule has 0 N–H and O–H groups in total. The quantitative estimate of drug-likeness (QED) is 0.825. The number of aromatic nitrogens is 2. The average molecular weight is 366 g/mol. The van der Waals surface area contributed by atoms with Gasteiger partial charge in [-0.05, 0) is 31.9 Å². The van der Waals surface area contributed by atoms with Crippen molar-refractivity contribution in [2.75, 3.05) is 6.61 Å². The van der Waals surface area contributed by atoms with Gasteiger partial charge >= 0.3 is 6.18 Å². The molecule has 0 atom stereocenters. The van der Waals surface area contributed by atoms with Crippen molar-refractivity contribution >= 4 is 31.9 Å². The molecule has 90 valence electrons. The van der Waals surface area contributed by atoms with Crippen molar-refractivity contribution in [1.29, 1.82) is 0 Å². The van der Waals surface area contributed by atoms with E-state index in [0.717, 1.165) is 4.68 Å². The summed E-state index contributed by atoms with van der Waals surface area (Å²) in [5.41, 5.74) is -0.573. The highest BCUT2D eigenvalue weighted by atomic mass is 79.9. The van der Waals surface area contributed by atoms with E-state index in [1.54, 1.807) is 0 Å². The van der Waals surface area contributed by atoms with Crippen molar-refractivity contribution in [2.24, 2.45) is 0 Å². The van der Waals surface area contributed by atoms with Gasteiger partial charge in [-0.2, -0.15) is 18.3 Å². The summed E-state index contributed by atoms with van der Waals surface area (Å²) < 4.78 is 40.9. The molecule has 9 heteroatoms. The third kappa shape index (κ3) is 3.87. The van der Waals surface area contributed by atoms with Crippen LogP contribution in [0.4, 0.5) is 13.2 Å². The van der Waals surface area contributed by atoms with E-state index in [4.69, 9.17) is 0 Å². The summed E-state index contributed by atoms with van der Waals surface area (Å²) in [6, 6.07) is 0. The van der Waals surface area contributed by atoms with Crippen molar-refractivity contribution in [3.63, 3.8) is 0 Å². The molecule has 1 rings (SSSR count). The lowest BCUT2D eigenvalue weighted by atomic mass is 10.6. The molecule has 0 unspecified atom stereocenters. The van der Waals surface area contributed by atoms with Crippen LogP contribution in [-0.4, -0.2) is 22.6 Å². The topological polar surface area (TPSA) is 44.1 Å². The van der Waals surface area contributed by atoms with Gasteiger partial charge in [0, 0.05) is 0 Å². The first-order chi connectivity index (χ1) is 7.31. The second-order valence-electron chi connectivity index (χ2n) is 2.70. The molecule has 1 heterocycles. The van der Waals surface area contributed by atoms with Gasteiger partial charge in [0.05, 0.1) is 10.7 Å². The van der Waals surface area contributed by atoms with E-state index in [9.17, 15) is 18.0 Å². The number of hydrogen-bond acceptors (Lipinski definition) is 3. The number of rotatable bonds is 3. The van der Waals surface area contributed by atoms with Crippen LogP contribution in [0.5, 0.6) is 0 Å². The summed E-state index contributed by atoms with van der Waals surface area (Å²) in [5.74, 6) is 0. The summed E-state index contributed by atoms with van der Waals surface area (Å²) in [6.45, 7) is -1.97. The summed E-state index contributed by atoms with van der Waals surface area (Å²) >= 11 is 6.00. The molecule has 4 nitrogen and oxygen atoms in total. The normalized spacial score (nSPS) is 11.8. The van der Waals surface area contributed by atoms with E-state index in [0.29, 0.717) is 4.47 Å². The Hall–Kier alpha value is -0.410. The fraction of sp³-hybridized carbons (Fsp3) is 0.429. The first-order valence-corrected chi connectivity index (χ1v) is 5.45. The van der Waals surface area contributed by atoms with Crippen molar-refractivity contribution < 1.29 is 17.9 Å². The van der Waals surface area contributed by atoms with Crippen LogP contribution in [0.1, 0.15) is 0 Å². The third-order valence-electron chi connectivity index (χ3n) is 1.42. The van der Waals surface area contributed by atoms with E-state index in [-0.39, 0.29) is 4.47 Å². The molecular formula is C7H5Br2F3N2O2. The molecule has 1 aromatic heterocycles. The summed E-state index contributed by atoms with van der Waals surface area (Å²) in [4.78, 5) is 11.4. The summed E-state index contributed by atoms with van der Waals surface area (Å²) in [7, 11) is 0. The van der Waals surface area contributed by atoms with Crippen LogP contribution >= 0.6 is 31.9 Å². The third-order valence-corrected chi connectivity index (χ3v) is 3.32. The minimum Gasteiger partial charge on any atom is -0.350 e. The van der Waals surface area contributed by atoms with Gasteiger partial charge in [-0.25, -0.2) is 4.68 Å². The lowest BCUT2D eigenvalue weighted by Crippen LogP contribution is -2.27. The Kier molecular flexibility index (Phi) is 4.51. The predicted molar refractivity (Wildman–Crippen MR) is 55.9 cm³/mol. The highest BCUT2D eigenvalue weighted by molar-refractivity contribution is 9.13. The van der Waals surface area contributed by atoms with Crippen molar-refractivity contribution in [3.05, 3.63) is 25.5 Å². The molecule has 0 saturated carbocycles. The van der Waals surface area contributed by atoms with Crippen molar-refractivity contribution in [1.82, 2.24) is 9.78 Å². The zero-order chi connectivity index (χ0) is 12.3. The van der Waals surface area contributed by atoms with Gasteiger partial charge in [-0.15, -0.1) is 0 Å². The lowest BCUT2D eigenvalue weighted by Gasteiger charge is -2.08. The SMILES string of the molecule is O=c1c(Br)c(Br)cnn1COCC(F)(F)F. The molecule has 0 aliphatic heterocycles. The highest BCUT2D eigenvalue weighted by Crippen LogP contribution is 2.17. The molecule has 0 aliphatic carbocycles. The zero-order valence-electron chi connectivity index (χ0n) is 7.59. The second-order valence-corrected chi connectivity index (χ2v) is 4.35. The molecule has 0 aromatic carbocycles. The molecular weight excluding hydrogens is 361 g/mol. The van der Waals surface area contributed by atoms with Gasteiger partial charge in [0.1, 0.15) is 17.8 Å². The van der Waals surface area contributed by atoms with Crippen molar-refractivity contribution in [3.8, 4) is 0 Å². The number of ether oxygens (including phenoxy) is 1. The van der Waals surface area contributed by atoms with Gasteiger partial charge in [-0.3, -0.25) is 4.79 Å². The van der Waals surface area contributed by atoms with Crippen molar-refractivity contribution in [2.45, 2.75) is 12.9 Å². The second kappa shape index (κ2) is 5.28. The molecule has 0 fully saturated rings. The Balaban J connectivity index is 2.69. The van der Waals surface area contributed by atoms with Gasteiger partial charge in [-0.1, -0.05) is 0 Å². The molecule has 0 saturated heterocycles. The first-order valence-electron chi connectivity index (χ1n) is 3.87. The van der Waals surface area contributed by atoms with E-state index in [1.165, 1.54) is 6.20 Å². The van der Waals surface area contributed by atoms with E-state index < -0.39 is 25.1 Å². The highest BCUT2D eigenvalue weighted by Gasteiger charge is 2.27. The largest absolute Gasteiger partial charge is 0.411 e. The monoisotopic (exact) mass is 364 g/mol. The smallest absolute Gasteiger partial charge is 0.350 e. The number of hydrogen-bond donors (Lipinski definition) is 0. The Morgan fingerprint density at radius 2 is 2.06 bits per heavy atom. The summed E-state index contributed by atoms with van der Waals surface area (Å²) in [6.07, 6.45) is -3.14. The fourth-order valence-electron chi connectivity index (χ4n) is 0.785. The van der Waals surface area contributed by atoms with Crippen LogP contribution in [-0.2, 0) is 11.5 Å². The predicted octanol–water partition coefficient (Wildman–Crippen LogP) is 2.30. The Bertz CT molecular complexity index is 433. The maximum atomic E-state index is 11.8. The van der Waals surface area contributed by atoms with Gasteiger partial charge in [0.15, 0.2) is 0 Å². The van der Waals surface area contributed by atoms with Crippen LogP contribution in [0.2, 0.25) is 0 Å². The number of halogens is 5. The standard InChI is InChI=1S/C7H5Br2F3N2O2/c8-4-1-13-14(6(15)5(4)9)3-16-2-7(10,11)12/h1H,2-3H2. The van der Waals surface area contributed by atoms with Gasteiger partial charge < -0.3 is 4.74 Å². The van der Waals surface area contributed by atoms with E-state index in [2.05, 4.69) is 41.7 Å². The van der Waals surface area contributed by atoms with Gasteiger partial charge in [0.2, 0.25) is 0 Å². The number of nitrogens with zero attached hydrogens (tertiary/aromatic N) is 2. The molecule has 0 bridgehead atoms. The molecule has 0 spiro atoms. The van der Waals surface area contributed by atoms with Crippen LogP contribution < -0.4 is 5.56 Å². The Labute approximate surface area is 105 Å². The van der Waals surface area contributed by atoms with Crippen LogP contribution in [0.3, 0.4) is 0 Å². The summed E-state index contributed by atoms with van der Waals surface area (Å²) in [5, 5.41) is 3.59. The molecule has 16 heavy (non-hydrogen) atoms.